The number of amides is 1. The van der Waals surface area contributed by atoms with Gasteiger partial charge in [-0.2, -0.15) is 0 Å². The number of rotatable bonds is 6. The highest BCUT2D eigenvalue weighted by Gasteiger charge is 2.28. The standard InChI is InChI=1S/C22H25N3O4/c1-17(25-19-9-5-6-10-20(19)29-22(25)27)21(26)24-13-11-23(12-14-24)15-16-28-18-7-3-2-4-8-18/h2-10,17H,11-16H2,1H3. The molecule has 0 radical (unpaired) electrons. The number of fused-ring (bicyclic) bond motifs is 1. The highest BCUT2D eigenvalue weighted by atomic mass is 16.5. The number of ether oxygens (including phenoxy) is 1. The summed E-state index contributed by atoms with van der Waals surface area (Å²) in [5.41, 5.74) is 1.15. The van der Waals surface area contributed by atoms with Crippen molar-refractivity contribution < 1.29 is 13.9 Å². The van der Waals surface area contributed by atoms with Gasteiger partial charge < -0.3 is 14.1 Å². The maximum atomic E-state index is 13.0. The second kappa shape index (κ2) is 8.53. The Hall–Kier alpha value is -3.06. The Labute approximate surface area is 169 Å². The Kier molecular flexibility index (Phi) is 5.67. The van der Waals surface area contributed by atoms with Gasteiger partial charge in [0.2, 0.25) is 5.91 Å². The molecule has 0 N–H and O–H groups in total. The van der Waals surface area contributed by atoms with E-state index in [2.05, 4.69) is 4.90 Å². The summed E-state index contributed by atoms with van der Waals surface area (Å²) in [7, 11) is 0. The van der Waals surface area contributed by atoms with Gasteiger partial charge in [0.15, 0.2) is 5.58 Å². The van der Waals surface area contributed by atoms with Gasteiger partial charge >= 0.3 is 5.76 Å². The molecule has 0 spiro atoms. The van der Waals surface area contributed by atoms with Crippen molar-refractivity contribution in [1.82, 2.24) is 14.4 Å². The van der Waals surface area contributed by atoms with Gasteiger partial charge in [0, 0.05) is 32.7 Å². The lowest BCUT2D eigenvalue weighted by Gasteiger charge is -2.35. The van der Waals surface area contributed by atoms with Crippen LogP contribution >= 0.6 is 0 Å². The Morgan fingerprint density at radius 2 is 1.72 bits per heavy atom. The molecular weight excluding hydrogens is 370 g/mol. The normalized spacial score (nSPS) is 16.1. The van der Waals surface area contributed by atoms with E-state index in [-0.39, 0.29) is 5.91 Å². The first kappa shape index (κ1) is 19.3. The molecule has 4 rings (SSSR count). The molecule has 1 unspecified atom stereocenters. The zero-order valence-electron chi connectivity index (χ0n) is 16.5. The van der Waals surface area contributed by atoms with Crippen LogP contribution in [-0.4, -0.2) is 59.6 Å². The Morgan fingerprint density at radius 3 is 2.48 bits per heavy atom. The van der Waals surface area contributed by atoms with Crippen LogP contribution in [0.1, 0.15) is 13.0 Å². The Morgan fingerprint density at radius 1 is 1.03 bits per heavy atom. The van der Waals surface area contributed by atoms with E-state index >= 15 is 0 Å². The predicted octanol–water partition coefficient (Wildman–Crippen LogP) is 2.38. The molecule has 1 amide bonds. The molecule has 1 aliphatic rings. The molecule has 1 aliphatic heterocycles. The molecule has 29 heavy (non-hydrogen) atoms. The molecule has 3 aromatic rings. The summed E-state index contributed by atoms with van der Waals surface area (Å²) in [5.74, 6) is 0.315. The summed E-state index contributed by atoms with van der Waals surface area (Å²) in [6.45, 7) is 6.04. The molecule has 1 fully saturated rings. The van der Waals surface area contributed by atoms with Gasteiger partial charge in [0.25, 0.3) is 0 Å². The number of hydrogen-bond acceptors (Lipinski definition) is 5. The molecular formula is C22H25N3O4. The second-order valence-corrected chi connectivity index (χ2v) is 7.21. The van der Waals surface area contributed by atoms with Gasteiger partial charge in [-0.15, -0.1) is 0 Å². The smallest absolute Gasteiger partial charge is 0.420 e. The van der Waals surface area contributed by atoms with E-state index in [1.165, 1.54) is 4.57 Å². The topological polar surface area (TPSA) is 67.9 Å². The number of carbonyl (C=O) groups is 1. The number of nitrogens with zero attached hydrogens (tertiary/aromatic N) is 3. The SMILES string of the molecule is CC(C(=O)N1CCN(CCOc2ccccc2)CC1)n1c(=O)oc2ccccc21. The minimum Gasteiger partial charge on any atom is -0.492 e. The summed E-state index contributed by atoms with van der Waals surface area (Å²) < 4.78 is 12.5. The summed E-state index contributed by atoms with van der Waals surface area (Å²) in [5, 5.41) is 0. The number of para-hydroxylation sites is 3. The van der Waals surface area contributed by atoms with Crippen molar-refractivity contribution in [2.75, 3.05) is 39.3 Å². The van der Waals surface area contributed by atoms with Crippen LogP contribution in [0.3, 0.4) is 0 Å². The minimum atomic E-state index is -0.598. The second-order valence-electron chi connectivity index (χ2n) is 7.21. The highest BCUT2D eigenvalue weighted by molar-refractivity contribution is 5.83. The highest BCUT2D eigenvalue weighted by Crippen LogP contribution is 2.19. The lowest BCUT2D eigenvalue weighted by Crippen LogP contribution is -2.51. The van der Waals surface area contributed by atoms with E-state index in [4.69, 9.17) is 9.15 Å². The molecule has 0 aliphatic carbocycles. The molecule has 2 aromatic carbocycles. The summed E-state index contributed by atoms with van der Waals surface area (Å²) in [6, 6.07) is 16.3. The summed E-state index contributed by atoms with van der Waals surface area (Å²) in [4.78, 5) is 29.4. The van der Waals surface area contributed by atoms with Crippen molar-refractivity contribution in [3.63, 3.8) is 0 Å². The van der Waals surface area contributed by atoms with Crippen molar-refractivity contribution in [3.05, 3.63) is 65.1 Å². The van der Waals surface area contributed by atoms with E-state index in [9.17, 15) is 9.59 Å². The van der Waals surface area contributed by atoms with Crippen LogP contribution in [0.2, 0.25) is 0 Å². The first-order chi connectivity index (χ1) is 14.1. The Bertz CT molecular complexity index is 1020. The number of piperazine rings is 1. The quantitative estimate of drug-likeness (QED) is 0.641. The van der Waals surface area contributed by atoms with Gasteiger partial charge in [0.05, 0.1) is 5.52 Å². The zero-order chi connectivity index (χ0) is 20.2. The fourth-order valence-electron chi connectivity index (χ4n) is 3.73. The van der Waals surface area contributed by atoms with Crippen LogP contribution < -0.4 is 10.5 Å². The molecule has 0 bridgehead atoms. The molecule has 152 valence electrons. The van der Waals surface area contributed by atoms with Gasteiger partial charge in [-0.25, -0.2) is 4.79 Å². The van der Waals surface area contributed by atoms with E-state index in [0.717, 1.165) is 25.4 Å². The third-order valence-electron chi connectivity index (χ3n) is 5.37. The number of hydrogen-bond donors (Lipinski definition) is 0. The molecule has 1 atom stereocenters. The third-order valence-corrected chi connectivity index (χ3v) is 5.37. The first-order valence-electron chi connectivity index (χ1n) is 9.92. The van der Waals surface area contributed by atoms with E-state index in [0.29, 0.717) is 30.8 Å². The van der Waals surface area contributed by atoms with Gasteiger partial charge in [0.1, 0.15) is 18.4 Å². The third kappa shape index (κ3) is 4.19. The lowest BCUT2D eigenvalue weighted by atomic mass is 10.2. The van der Waals surface area contributed by atoms with Gasteiger partial charge in [-0.1, -0.05) is 30.3 Å². The average molecular weight is 395 g/mol. The van der Waals surface area contributed by atoms with Crippen LogP contribution in [0.25, 0.3) is 11.1 Å². The van der Waals surface area contributed by atoms with E-state index in [1.807, 2.05) is 47.4 Å². The molecule has 7 nitrogen and oxygen atoms in total. The van der Waals surface area contributed by atoms with Crippen LogP contribution in [-0.2, 0) is 4.79 Å². The number of benzene rings is 2. The fraction of sp³-hybridized carbons (Fsp3) is 0.364. The molecule has 1 aromatic heterocycles. The fourth-order valence-corrected chi connectivity index (χ4v) is 3.73. The summed E-state index contributed by atoms with van der Waals surface area (Å²) >= 11 is 0. The van der Waals surface area contributed by atoms with Crippen molar-refractivity contribution >= 4 is 17.0 Å². The molecule has 1 saturated heterocycles. The molecule has 7 heteroatoms. The van der Waals surface area contributed by atoms with Crippen molar-refractivity contribution in [2.45, 2.75) is 13.0 Å². The van der Waals surface area contributed by atoms with Crippen LogP contribution in [0.5, 0.6) is 5.75 Å². The molecule has 2 heterocycles. The summed E-state index contributed by atoms with van der Waals surface area (Å²) in [6.07, 6.45) is 0. The Balaban J connectivity index is 1.31. The number of oxazole rings is 1. The van der Waals surface area contributed by atoms with Gasteiger partial charge in [-0.05, 0) is 31.2 Å². The monoisotopic (exact) mass is 395 g/mol. The first-order valence-corrected chi connectivity index (χ1v) is 9.92. The van der Waals surface area contributed by atoms with E-state index < -0.39 is 11.8 Å². The van der Waals surface area contributed by atoms with Crippen LogP contribution in [0, 0.1) is 0 Å². The van der Waals surface area contributed by atoms with Crippen LogP contribution in [0.4, 0.5) is 0 Å². The van der Waals surface area contributed by atoms with Crippen LogP contribution in [0.15, 0.2) is 63.8 Å². The average Bonchev–Trinajstić information content (AvgIpc) is 3.09. The van der Waals surface area contributed by atoms with Crippen molar-refractivity contribution in [1.29, 1.82) is 0 Å². The number of aromatic nitrogens is 1. The lowest BCUT2D eigenvalue weighted by molar-refractivity contribution is -0.136. The largest absolute Gasteiger partial charge is 0.492 e. The van der Waals surface area contributed by atoms with Crippen molar-refractivity contribution in [2.24, 2.45) is 0 Å². The van der Waals surface area contributed by atoms with E-state index in [1.54, 1.807) is 19.1 Å². The number of carbonyl (C=O) groups excluding carboxylic acids is 1. The van der Waals surface area contributed by atoms with Gasteiger partial charge in [-0.3, -0.25) is 14.3 Å². The van der Waals surface area contributed by atoms with Crippen molar-refractivity contribution in [3.8, 4) is 5.75 Å². The minimum absolute atomic E-state index is 0.0566. The molecule has 0 saturated carbocycles. The maximum absolute atomic E-state index is 13.0. The maximum Gasteiger partial charge on any atom is 0.420 e. The zero-order valence-corrected chi connectivity index (χ0v) is 16.5. The predicted molar refractivity (Wildman–Crippen MR) is 110 cm³/mol.